The van der Waals surface area contributed by atoms with Gasteiger partial charge in [0.15, 0.2) is 0 Å². The van der Waals surface area contributed by atoms with Crippen LogP contribution in [-0.4, -0.2) is 35.0 Å². The Labute approximate surface area is 143 Å². The molecule has 2 heterocycles. The molecule has 1 amide bonds. The van der Waals surface area contributed by atoms with Gasteiger partial charge in [0.05, 0.1) is 18.6 Å². The van der Waals surface area contributed by atoms with Gasteiger partial charge in [0.2, 0.25) is 11.8 Å². The van der Waals surface area contributed by atoms with Crippen molar-refractivity contribution in [3.05, 3.63) is 36.4 Å². The lowest BCUT2D eigenvalue weighted by atomic mass is 9.95. The fraction of sp³-hybridized carbons (Fsp3) is 0.500. The number of hydrogen-bond donors (Lipinski definition) is 0. The van der Waals surface area contributed by atoms with E-state index >= 15 is 0 Å². The zero-order chi connectivity index (χ0) is 16.9. The maximum absolute atomic E-state index is 12.5. The fourth-order valence-electron chi connectivity index (χ4n) is 3.32. The summed E-state index contributed by atoms with van der Waals surface area (Å²) in [6.45, 7) is 5.64. The molecule has 1 aromatic carbocycles. The van der Waals surface area contributed by atoms with Crippen LogP contribution in [-0.2, 0) is 4.79 Å². The van der Waals surface area contributed by atoms with Crippen LogP contribution in [0.3, 0.4) is 0 Å². The normalized spacial score (nSPS) is 14.9. The number of rotatable bonds is 7. The third kappa shape index (κ3) is 3.69. The molecule has 3 rings (SSSR count). The van der Waals surface area contributed by atoms with Crippen LogP contribution in [0.1, 0.15) is 39.5 Å². The number of likely N-dealkylation sites (tertiary alicyclic amines) is 1. The van der Waals surface area contributed by atoms with E-state index in [1.165, 1.54) is 0 Å². The highest BCUT2D eigenvalue weighted by atomic mass is 16.5. The maximum Gasteiger partial charge on any atom is 0.225 e. The van der Waals surface area contributed by atoms with Gasteiger partial charge in [-0.1, -0.05) is 44.9 Å². The molecule has 0 aliphatic carbocycles. The molecule has 4 heteroatoms. The summed E-state index contributed by atoms with van der Waals surface area (Å²) in [5, 5.41) is 1.11. The predicted molar refractivity (Wildman–Crippen MR) is 96.0 cm³/mol. The molecule has 0 bridgehead atoms. The van der Waals surface area contributed by atoms with Crippen LogP contribution < -0.4 is 4.74 Å². The lowest BCUT2D eigenvalue weighted by Crippen LogP contribution is -2.57. The van der Waals surface area contributed by atoms with Crippen molar-refractivity contribution in [1.29, 1.82) is 0 Å². The Morgan fingerprint density at radius 2 is 1.88 bits per heavy atom. The van der Waals surface area contributed by atoms with Gasteiger partial charge < -0.3 is 9.64 Å². The maximum atomic E-state index is 12.5. The SMILES string of the molecule is CCCC(CCC)C(=O)N1CC(Oc2ccc3ccccc3n2)C1. The van der Waals surface area contributed by atoms with Crippen LogP contribution in [0.15, 0.2) is 36.4 Å². The quantitative estimate of drug-likeness (QED) is 0.771. The molecule has 24 heavy (non-hydrogen) atoms. The van der Waals surface area contributed by atoms with Gasteiger partial charge in [-0.15, -0.1) is 0 Å². The molecule has 0 N–H and O–H groups in total. The number of benzene rings is 1. The molecule has 4 nitrogen and oxygen atoms in total. The summed E-state index contributed by atoms with van der Waals surface area (Å²) >= 11 is 0. The second-order valence-electron chi connectivity index (χ2n) is 6.60. The molecule has 0 unspecified atom stereocenters. The number of amides is 1. The number of hydrogen-bond acceptors (Lipinski definition) is 3. The Morgan fingerprint density at radius 3 is 2.58 bits per heavy atom. The van der Waals surface area contributed by atoms with Crippen LogP contribution in [0.25, 0.3) is 10.9 Å². The van der Waals surface area contributed by atoms with Crippen molar-refractivity contribution in [2.24, 2.45) is 5.92 Å². The Kier molecular flexibility index (Phi) is 5.34. The van der Waals surface area contributed by atoms with Gasteiger partial charge in [0.25, 0.3) is 0 Å². The Balaban J connectivity index is 1.55. The monoisotopic (exact) mass is 326 g/mol. The number of para-hydroxylation sites is 1. The summed E-state index contributed by atoms with van der Waals surface area (Å²) < 4.78 is 5.93. The molecule has 0 saturated carbocycles. The van der Waals surface area contributed by atoms with Crippen molar-refractivity contribution < 1.29 is 9.53 Å². The van der Waals surface area contributed by atoms with Crippen molar-refractivity contribution in [3.8, 4) is 5.88 Å². The van der Waals surface area contributed by atoms with Crippen molar-refractivity contribution in [1.82, 2.24) is 9.88 Å². The smallest absolute Gasteiger partial charge is 0.225 e. The van der Waals surface area contributed by atoms with Crippen LogP contribution in [0, 0.1) is 5.92 Å². The summed E-state index contributed by atoms with van der Waals surface area (Å²) in [4.78, 5) is 19.0. The van der Waals surface area contributed by atoms with Crippen LogP contribution >= 0.6 is 0 Å². The molecule has 1 aromatic heterocycles. The highest BCUT2D eigenvalue weighted by Gasteiger charge is 2.35. The largest absolute Gasteiger partial charge is 0.471 e. The van der Waals surface area contributed by atoms with Gasteiger partial charge in [0.1, 0.15) is 6.10 Å². The Hall–Kier alpha value is -2.10. The third-order valence-corrected chi connectivity index (χ3v) is 4.64. The minimum atomic E-state index is 0.0616. The van der Waals surface area contributed by atoms with Crippen molar-refractivity contribution >= 4 is 16.8 Å². The van der Waals surface area contributed by atoms with Gasteiger partial charge in [-0.25, -0.2) is 4.98 Å². The van der Waals surface area contributed by atoms with E-state index in [2.05, 4.69) is 18.8 Å². The Morgan fingerprint density at radius 1 is 1.17 bits per heavy atom. The molecule has 1 aliphatic heterocycles. The standard InChI is InChI=1S/C20H26N2O2/c1-3-7-16(8-4-2)20(23)22-13-17(14-22)24-19-12-11-15-9-5-6-10-18(15)21-19/h5-6,9-12,16-17H,3-4,7-8,13-14H2,1-2H3. The van der Waals surface area contributed by atoms with Gasteiger partial charge in [0, 0.05) is 17.4 Å². The lowest BCUT2D eigenvalue weighted by molar-refractivity contribution is -0.145. The second kappa shape index (κ2) is 7.65. The zero-order valence-electron chi connectivity index (χ0n) is 14.6. The Bertz CT molecular complexity index is 689. The first-order valence-corrected chi connectivity index (χ1v) is 9.02. The van der Waals surface area contributed by atoms with Crippen molar-refractivity contribution in [3.63, 3.8) is 0 Å². The summed E-state index contributed by atoms with van der Waals surface area (Å²) in [6.07, 6.45) is 4.16. The van der Waals surface area contributed by atoms with Crippen LogP contribution in [0.5, 0.6) is 5.88 Å². The van der Waals surface area contributed by atoms with Gasteiger partial charge in [-0.2, -0.15) is 0 Å². The highest BCUT2D eigenvalue weighted by molar-refractivity contribution is 5.80. The number of carbonyl (C=O) groups excluding carboxylic acids is 1. The molecular weight excluding hydrogens is 300 g/mol. The number of carbonyl (C=O) groups is 1. The van der Waals surface area contributed by atoms with Gasteiger partial charge in [-0.05, 0) is 25.0 Å². The lowest BCUT2D eigenvalue weighted by Gasteiger charge is -2.40. The molecule has 1 saturated heterocycles. The molecule has 1 fully saturated rings. The first-order chi connectivity index (χ1) is 11.7. The fourth-order valence-corrected chi connectivity index (χ4v) is 3.32. The van der Waals surface area contributed by atoms with Crippen LogP contribution in [0.2, 0.25) is 0 Å². The van der Waals surface area contributed by atoms with E-state index in [-0.39, 0.29) is 12.0 Å². The number of aromatic nitrogens is 1. The predicted octanol–water partition coefficient (Wildman–Crippen LogP) is 4.04. The summed E-state index contributed by atoms with van der Waals surface area (Å²) in [7, 11) is 0. The molecule has 1 aliphatic rings. The van der Waals surface area contributed by atoms with Crippen LogP contribution in [0.4, 0.5) is 0 Å². The molecule has 2 aromatic rings. The number of ether oxygens (including phenoxy) is 1. The van der Waals surface area contributed by atoms with E-state index in [0.717, 1.165) is 36.6 Å². The van der Waals surface area contributed by atoms with E-state index in [1.807, 2.05) is 41.3 Å². The second-order valence-corrected chi connectivity index (χ2v) is 6.60. The van der Waals surface area contributed by atoms with E-state index in [9.17, 15) is 4.79 Å². The summed E-state index contributed by atoms with van der Waals surface area (Å²) in [5.74, 6) is 1.12. The number of fused-ring (bicyclic) bond motifs is 1. The zero-order valence-corrected chi connectivity index (χ0v) is 14.6. The van der Waals surface area contributed by atoms with E-state index in [4.69, 9.17) is 4.74 Å². The molecule has 0 radical (unpaired) electrons. The highest BCUT2D eigenvalue weighted by Crippen LogP contribution is 2.23. The molecule has 0 spiro atoms. The van der Waals surface area contributed by atoms with Crippen molar-refractivity contribution in [2.45, 2.75) is 45.6 Å². The average Bonchev–Trinajstić information content (AvgIpc) is 2.57. The molecule has 0 atom stereocenters. The average molecular weight is 326 g/mol. The van der Waals surface area contributed by atoms with Gasteiger partial charge in [-0.3, -0.25) is 4.79 Å². The van der Waals surface area contributed by atoms with E-state index in [1.54, 1.807) is 0 Å². The first kappa shape index (κ1) is 16.7. The van der Waals surface area contributed by atoms with Crippen molar-refractivity contribution in [2.75, 3.05) is 13.1 Å². The first-order valence-electron chi connectivity index (χ1n) is 9.02. The summed E-state index contributed by atoms with van der Waals surface area (Å²) in [6, 6.07) is 11.9. The van der Waals surface area contributed by atoms with E-state index in [0.29, 0.717) is 24.9 Å². The minimum Gasteiger partial charge on any atom is -0.471 e. The molecule has 128 valence electrons. The molecular formula is C20H26N2O2. The third-order valence-electron chi connectivity index (χ3n) is 4.64. The van der Waals surface area contributed by atoms with E-state index < -0.39 is 0 Å². The van der Waals surface area contributed by atoms with Gasteiger partial charge >= 0.3 is 0 Å². The minimum absolute atomic E-state index is 0.0616. The summed E-state index contributed by atoms with van der Waals surface area (Å²) in [5.41, 5.74) is 0.938. The number of nitrogens with zero attached hydrogens (tertiary/aromatic N) is 2. The number of pyridine rings is 1. The topological polar surface area (TPSA) is 42.4 Å².